The minimum atomic E-state index is -0.939. The second kappa shape index (κ2) is 15.3. The van der Waals surface area contributed by atoms with Gasteiger partial charge in [-0.25, -0.2) is 19.3 Å². The Bertz CT molecular complexity index is 3210. The van der Waals surface area contributed by atoms with Crippen LogP contribution in [0.15, 0.2) is 206 Å². The standard InChI is InChI=1S/C61H46FN3/c1-60(2)51-24-12-14-26-53(51)61(54-27-15-13-25-52(54)60)50-36-32-44(46-35-31-43(39-29-33-45(62)34-30-39)37-48(46)40-17-6-3-7-18-40)38-49(50)56-47(23-16-28-55(56)61)59-64-57(41-19-8-4-9-20-41)63-58(65-59)42-21-10-5-11-22-42/h3-31,33,35,37-38,45H,32,34,36H2,1-2H3. The average Bonchev–Trinajstić information content (AvgIpc) is 3.67. The first kappa shape index (κ1) is 39.1. The van der Waals surface area contributed by atoms with Crippen LogP contribution in [0.1, 0.15) is 77.6 Å². The van der Waals surface area contributed by atoms with Gasteiger partial charge in [-0.1, -0.05) is 202 Å². The summed E-state index contributed by atoms with van der Waals surface area (Å²) in [6.07, 6.45) is 9.31. The Morgan fingerprint density at radius 3 is 1.65 bits per heavy atom. The molecule has 4 aliphatic carbocycles. The van der Waals surface area contributed by atoms with Gasteiger partial charge in [-0.2, -0.15) is 0 Å². The van der Waals surface area contributed by atoms with E-state index in [1.54, 1.807) is 6.08 Å². The van der Waals surface area contributed by atoms with Gasteiger partial charge in [0.25, 0.3) is 0 Å². The molecule has 1 unspecified atom stereocenters. The van der Waals surface area contributed by atoms with E-state index in [-0.39, 0.29) is 5.41 Å². The molecule has 65 heavy (non-hydrogen) atoms. The number of hydrogen-bond acceptors (Lipinski definition) is 3. The zero-order valence-electron chi connectivity index (χ0n) is 36.5. The molecule has 3 nitrogen and oxygen atoms in total. The summed E-state index contributed by atoms with van der Waals surface area (Å²) in [6, 6.07) is 63.1. The van der Waals surface area contributed by atoms with Gasteiger partial charge in [0, 0.05) is 28.5 Å². The number of nitrogens with zero attached hydrogens (tertiary/aromatic N) is 3. The second-order valence-corrected chi connectivity index (χ2v) is 18.2. The number of hydrogen-bond donors (Lipinski definition) is 0. The van der Waals surface area contributed by atoms with E-state index in [9.17, 15) is 4.39 Å². The number of benzene rings is 7. The quantitative estimate of drug-likeness (QED) is 0.167. The van der Waals surface area contributed by atoms with Crippen molar-refractivity contribution >= 4 is 16.7 Å². The molecule has 4 heteroatoms. The van der Waals surface area contributed by atoms with Gasteiger partial charge in [-0.15, -0.1) is 0 Å². The van der Waals surface area contributed by atoms with Crippen molar-refractivity contribution in [3.63, 3.8) is 0 Å². The lowest BCUT2D eigenvalue weighted by atomic mass is 9.54. The third-order valence-corrected chi connectivity index (χ3v) is 14.3. The van der Waals surface area contributed by atoms with Crippen LogP contribution in [0.5, 0.6) is 0 Å². The summed E-state index contributed by atoms with van der Waals surface area (Å²) in [6.45, 7) is 4.76. The molecular weight excluding hydrogens is 794 g/mol. The van der Waals surface area contributed by atoms with Crippen molar-refractivity contribution in [1.29, 1.82) is 0 Å². The monoisotopic (exact) mass is 839 g/mol. The molecule has 0 fully saturated rings. The molecule has 7 aromatic carbocycles. The topological polar surface area (TPSA) is 38.7 Å². The Kier molecular flexibility index (Phi) is 9.20. The highest BCUT2D eigenvalue weighted by molar-refractivity contribution is 6.02. The maximum atomic E-state index is 14.2. The van der Waals surface area contributed by atoms with E-state index in [2.05, 4.69) is 159 Å². The fraction of sp³-hybridized carbons (Fsp3) is 0.131. The van der Waals surface area contributed by atoms with Crippen molar-refractivity contribution in [3.8, 4) is 45.3 Å². The van der Waals surface area contributed by atoms with Crippen LogP contribution < -0.4 is 0 Å². The molecule has 0 aliphatic heterocycles. The molecule has 0 saturated carbocycles. The summed E-state index contributed by atoms with van der Waals surface area (Å²) in [5.74, 6) is 1.93. The molecule has 0 saturated heterocycles. The first-order valence-electron chi connectivity index (χ1n) is 22.8. The maximum Gasteiger partial charge on any atom is 0.164 e. The van der Waals surface area contributed by atoms with Crippen molar-refractivity contribution in [2.75, 3.05) is 0 Å². The number of aromatic nitrogens is 3. The molecule has 1 heterocycles. The molecular formula is C61H46FN3. The molecule has 0 N–H and O–H groups in total. The minimum absolute atomic E-state index is 0.209. The van der Waals surface area contributed by atoms with E-state index >= 15 is 0 Å². The van der Waals surface area contributed by atoms with Crippen LogP contribution in [0, 0.1) is 0 Å². The predicted molar refractivity (Wildman–Crippen MR) is 264 cm³/mol. The zero-order valence-corrected chi connectivity index (χ0v) is 36.5. The van der Waals surface area contributed by atoms with Crippen molar-refractivity contribution in [2.24, 2.45) is 0 Å². The Labute approximate surface area is 380 Å². The van der Waals surface area contributed by atoms with Crippen LogP contribution in [0.2, 0.25) is 0 Å². The largest absolute Gasteiger partial charge is 0.243 e. The Morgan fingerprint density at radius 2 is 1.05 bits per heavy atom. The highest BCUT2D eigenvalue weighted by atomic mass is 19.1. The number of allylic oxidation sites excluding steroid dienone is 8. The van der Waals surface area contributed by atoms with Crippen molar-refractivity contribution < 1.29 is 4.39 Å². The van der Waals surface area contributed by atoms with Crippen LogP contribution in [-0.2, 0) is 10.8 Å². The lowest BCUT2D eigenvalue weighted by Gasteiger charge is -2.48. The van der Waals surface area contributed by atoms with Crippen molar-refractivity contribution in [3.05, 3.63) is 250 Å². The molecule has 12 rings (SSSR count). The summed E-state index contributed by atoms with van der Waals surface area (Å²) in [5, 5.41) is 0. The summed E-state index contributed by atoms with van der Waals surface area (Å²) in [7, 11) is 0. The van der Waals surface area contributed by atoms with E-state index in [4.69, 9.17) is 15.0 Å². The summed E-state index contributed by atoms with van der Waals surface area (Å²) in [5.41, 5.74) is 19.5. The minimum Gasteiger partial charge on any atom is -0.243 e. The molecule has 1 atom stereocenters. The summed E-state index contributed by atoms with van der Waals surface area (Å²) >= 11 is 0. The lowest BCUT2D eigenvalue weighted by Crippen LogP contribution is -2.41. The fourth-order valence-electron chi connectivity index (χ4n) is 11.3. The molecule has 1 aromatic heterocycles. The van der Waals surface area contributed by atoms with Crippen LogP contribution in [0.4, 0.5) is 4.39 Å². The van der Waals surface area contributed by atoms with Gasteiger partial charge in [0.05, 0.1) is 5.41 Å². The number of fused-ring (bicyclic) bond motifs is 8. The first-order valence-corrected chi connectivity index (χ1v) is 22.8. The van der Waals surface area contributed by atoms with Gasteiger partial charge in [-0.3, -0.25) is 0 Å². The molecule has 8 aromatic rings. The Balaban J connectivity index is 1.15. The number of halogens is 1. The van der Waals surface area contributed by atoms with Crippen molar-refractivity contribution in [1.82, 2.24) is 15.0 Å². The highest BCUT2D eigenvalue weighted by Crippen LogP contribution is 2.64. The molecule has 0 bridgehead atoms. The van der Waals surface area contributed by atoms with Crippen LogP contribution >= 0.6 is 0 Å². The fourth-order valence-corrected chi connectivity index (χ4v) is 11.3. The lowest BCUT2D eigenvalue weighted by molar-refractivity contribution is 0.402. The van der Waals surface area contributed by atoms with E-state index < -0.39 is 11.6 Å². The van der Waals surface area contributed by atoms with Gasteiger partial charge >= 0.3 is 0 Å². The van der Waals surface area contributed by atoms with Crippen LogP contribution in [-0.4, -0.2) is 21.1 Å². The van der Waals surface area contributed by atoms with Gasteiger partial charge in [0.1, 0.15) is 6.17 Å². The molecule has 312 valence electrons. The zero-order chi connectivity index (χ0) is 43.7. The van der Waals surface area contributed by atoms with E-state index in [1.165, 1.54) is 61.2 Å². The van der Waals surface area contributed by atoms with E-state index in [1.807, 2.05) is 48.6 Å². The summed E-state index contributed by atoms with van der Waals surface area (Å²) < 4.78 is 14.2. The Morgan fingerprint density at radius 1 is 0.492 bits per heavy atom. The number of alkyl halides is 1. The van der Waals surface area contributed by atoms with Gasteiger partial charge in [-0.05, 0) is 103 Å². The van der Waals surface area contributed by atoms with Gasteiger partial charge in [0.2, 0.25) is 0 Å². The van der Waals surface area contributed by atoms with Gasteiger partial charge < -0.3 is 0 Å². The normalized spacial score (nSPS) is 17.4. The van der Waals surface area contributed by atoms with E-state index in [0.717, 1.165) is 46.2 Å². The highest BCUT2D eigenvalue weighted by Gasteiger charge is 2.55. The van der Waals surface area contributed by atoms with E-state index in [0.29, 0.717) is 23.9 Å². The predicted octanol–water partition coefficient (Wildman–Crippen LogP) is 14.8. The summed E-state index contributed by atoms with van der Waals surface area (Å²) in [4.78, 5) is 15.8. The maximum absolute atomic E-state index is 14.2. The molecule has 0 amide bonds. The third kappa shape index (κ3) is 6.19. The number of rotatable bonds is 6. The SMILES string of the molecule is CC1(C)c2ccccc2C2(C3=C(C=C(c4ccc(C5=CCC(F)C=C5)cc4-c4ccccc4)CC3)c3c(-c4nc(-c5ccccc5)nc(-c5ccccc5)n4)cccc32)c2ccccc21. The average molecular weight is 840 g/mol. The molecule has 1 spiro atoms. The second-order valence-electron chi connectivity index (χ2n) is 18.2. The van der Waals surface area contributed by atoms with Gasteiger partial charge in [0.15, 0.2) is 17.5 Å². The molecule has 4 aliphatic rings. The first-order chi connectivity index (χ1) is 31.9. The van der Waals surface area contributed by atoms with Crippen LogP contribution in [0.25, 0.3) is 62.0 Å². The van der Waals surface area contributed by atoms with Crippen LogP contribution in [0.3, 0.4) is 0 Å². The Hall–Kier alpha value is -7.56. The van der Waals surface area contributed by atoms with Crippen molar-refractivity contribution in [2.45, 2.75) is 50.1 Å². The third-order valence-electron chi connectivity index (χ3n) is 14.3. The molecule has 0 radical (unpaired) electrons. The smallest absolute Gasteiger partial charge is 0.164 e.